The number of para-hydroxylation sites is 1. The number of benzene rings is 1. The largest absolute Gasteiger partial charge is 0.493 e. The normalized spacial score (nSPS) is 15.4. The molecule has 0 radical (unpaired) electrons. The second-order valence-corrected chi connectivity index (χ2v) is 4.30. The summed E-state index contributed by atoms with van der Waals surface area (Å²) in [5, 5.41) is 10.4. The lowest BCUT2D eigenvalue weighted by Gasteiger charge is -2.13. The van der Waals surface area contributed by atoms with Crippen LogP contribution in [-0.4, -0.2) is 11.7 Å². The highest BCUT2D eigenvalue weighted by Crippen LogP contribution is 2.36. The highest BCUT2D eigenvalue weighted by molar-refractivity contribution is 5.47. The number of fused-ring (bicyclic) bond motifs is 1. The lowest BCUT2D eigenvalue weighted by Crippen LogP contribution is -2.02. The van der Waals surface area contributed by atoms with Crippen molar-refractivity contribution in [3.8, 4) is 5.75 Å². The van der Waals surface area contributed by atoms with Crippen LogP contribution in [0.25, 0.3) is 0 Å². The van der Waals surface area contributed by atoms with Gasteiger partial charge in [0.15, 0.2) is 0 Å². The number of furan rings is 1. The first kappa shape index (κ1) is 10.4. The van der Waals surface area contributed by atoms with E-state index in [9.17, 15) is 5.11 Å². The number of ether oxygens (including phenoxy) is 1. The summed E-state index contributed by atoms with van der Waals surface area (Å²) < 4.78 is 10.9. The number of hydrogen-bond donors (Lipinski definition) is 1. The van der Waals surface area contributed by atoms with E-state index in [1.165, 1.54) is 0 Å². The molecule has 1 N–H and O–H groups in total. The van der Waals surface area contributed by atoms with Crippen LogP contribution in [0.5, 0.6) is 5.75 Å². The molecular formula is C14H14O3. The van der Waals surface area contributed by atoms with Crippen LogP contribution in [0.1, 0.15) is 28.6 Å². The van der Waals surface area contributed by atoms with Crippen molar-refractivity contribution in [2.75, 3.05) is 6.61 Å². The minimum Gasteiger partial charge on any atom is -0.493 e. The molecule has 1 unspecified atom stereocenters. The molecule has 3 heteroatoms. The molecule has 0 saturated carbocycles. The number of aryl methyl sites for hydroxylation is 1. The van der Waals surface area contributed by atoms with Crippen LogP contribution in [-0.2, 0) is 6.42 Å². The minimum atomic E-state index is -0.752. The molecule has 1 aliphatic heterocycles. The molecule has 0 fully saturated rings. The summed E-state index contributed by atoms with van der Waals surface area (Å²) in [5.41, 5.74) is 2.90. The van der Waals surface area contributed by atoms with E-state index in [0.717, 1.165) is 28.9 Å². The summed E-state index contributed by atoms with van der Waals surface area (Å²) in [5.74, 6) is 1.41. The van der Waals surface area contributed by atoms with Gasteiger partial charge in [-0.2, -0.15) is 0 Å². The number of hydrogen-bond acceptors (Lipinski definition) is 3. The molecule has 88 valence electrons. The molecule has 0 bridgehead atoms. The molecule has 2 heterocycles. The van der Waals surface area contributed by atoms with Gasteiger partial charge in [0, 0.05) is 12.0 Å². The Hall–Kier alpha value is -1.74. The highest BCUT2D eigenvalue weighted by Gasteiger charge is 2.24. The second-order valence-electron chi connectivity index (χ2n) is 4.30. The summed E-state index contributed by atoms with van der Waals surface area (Å²) in [6, 6.07) is 7.72. The summed E-state index contributed by atoms with van der Waals surface area (Å²) in [6.07, 6.45) is 1.75. The second kappa shape index (κ2) is 3.93. The van der Waals surface area contributed by atoms with E-state index in [1.807, 2.05) is 31.2 Å². The molecule has 3 nitrogen and oxygen atoms in total. The number of aliphatic hydroxyl groups is 1. The van der Waals surface area contributed by atoms with E-state index in [2.05, 4.69) is 0 Å². The Kier molecular flexibility index (Phi) is 2.41. The Bertz CT molecular complexity index is 542. The third-order valence-electron chi connectivity index (χ3n) is 3.19. The van der Waals surface area contributed by atoms with Gasteiger partial charge in [-0.05, 0) is 24.1 Å². The molecule has 0 spiro atoms. The van der Waals surface area contributed by atoms with Crippen LogP contribution in [0, 0.1) is 6.92 Å². The topological polar surface area (TPSA) is 42.6 Å². The lowest BCUT2D eigenvalue weighted by atomic mass is 10.0. The van der Waals surface area contributed by atoms with Gasteiger partial charge < -0.3 is 14.3 Å². The Balaban J connectivity index is 2.05. The van der Waals surface area contributed by atoms with Gasteiger partial charge in [-0.25, -0.2) is 0 Å². The molecule has 2 aromatic rings. The molecule has 1 atom stereocenters. The molecule has 0 amide bonds. The van der Waals surface area contributed by atoms with Crippen molar-refractivity contribution in [2.24, 2.45) is 0 Å². The van der Waals surface area contributed by atoms with Crippen molar-refractivity contribution in [3.63, 3.8) is 0 Å². The van der Waals surface area contributed by atoms with Gasteiger partial charge in [-0.3, -0.25) is 0 Å². The first-order valence-electron chi connectivity index (χ1n) is 5.74. The van der Waals surface area contributed by atoms with Gasteiger partial charge in [-0.1, -0.05) is 18.2 Å². The third-order valence-corrected chi connectivity index (χ3v) is 3.19. The first-order valence-corrected chi connectivity index (χ1v) is 5.74. The van der Waals surface area contributed by atoms with Gasteiger partial charge in [0.1, 0.15) is 17.6 Å². The van der Waals surface area contributed by atoms with Crippen molar-refractivity contribution in [2.45, 2.75) is 19.4 Å². The molecule has 0 saturated heterocycles. The zero-order valence-electron chi connectivity index (χ0n) is 9.64. The molecular weight excluding hydrogens is 216 g/mol. The smallest absolute Gasteiger partial charge is 0.140 e. The van der Waals surface area contributed by atoms with Crippen LogP contribution < -0.4 is 4.74 Å². The van der Waals surface area contributed by atoms with Crippen LogP contribution in [0.15, 0.2) is 34.9 Å². The molecule has 1 aromatic carbocycles. The SMILES string of the molecule is Cc1ccoc1C(O)c1cccc2c1OCC2. The third kappa shape index (κ3) is 1.63. The van der Waals surface area contributed by atoms with Crippen molar-refractivity contribution >= 4 is 0 Å². The average Bonchev–Trinajstić information content (AvgIpc) is 2.95. The van der Waals surface area contributed by atoms with E-state index in [1.54, 1.807) is 6.26 Å². The zero-order chi connectivity index (χ0) is 11.8. The zero-order valence-corrected chi connectivity index (χ0v) is 9.64. The Morgan fingerprint density at radius 1 is 1.29 bits per heavy atom. The monoisotopic (exact) mass is 230 g/mol. The van der Waals surface area contributed by atoms with E-state index in [0.29, 0.717) is 12.4 Å². The first-order chi connectivity index (χ1) is 8.27. The predicted molar refractivity (Wildman–Crippen MR) is 63.1 cm³/mol. The predicted octanol–water partition coefficient (Wildman–Crippen LogP) is 2.60. The highest BCUT2D eigenvalue weighted by atomic mass is 16.5. The molecule has 17 heavy (non-hydrogen) atoms. The van der Waals surface area contributed by atoms with E-state index < -0.39 is 6.10 Å². The Labute approximate surface area is 99.6 Å². The Morgan fingerprint density at radius 3 is 2.94 bits per heavy atom. The van der Waals surface area contributed by atoms with Gasteiger partial charge in [0.05, 0.1) is 12.9 Å². The summed E-state index contributed by atoms with van der Waals surface area (Å²) in [4.78, 5) is 0. The quantitative estimate of drug-likeness (QED) is 0.862. The maximum Gasteiger partial charge on any atom is 0.140 e. The summed E-state index contributed by atoms with van der Waals surface area (Å²) in [7, 11) is 0. The standard InChI is InChI=1S/C14H14O3/c1-9-5-7-16-13(9)12(15)11-4-2-3-10-6-8-17-14(10)11/h2-5,7,12,15H,6,8H2,1H3. The number of rotatable bonds is 2. The summed E-state index contributed by atoms with van der Waals surface area (Å²) >= 11 is 0. The maximum atomic E-state index is 10.4. The van der Waals surface area contributed by atoms with E-state index in [-0.39, 0.29) is 0 Å². The van der Waals surface area contributed by atoms with Crippen LogP contribution in [0.4, 0.5) is 0 Å². The van der Waals surface area contributed by atoms with Gasteiger partial charge >= 0.3 is 0 Å². The molecule has 1 aromatic heterocycles. The average molecular weight is 230 g/mol. The summed E-state index contributed by atoms with van der Waals surface area (Å²) in [6.45, 7) is 2.61. The maximum absolute atomic E-state index is 10.4. The fraction of sp³-hybridized carbons (Fsp3) is 0.286. The van der Waals surface area contributed by atoms with Crippen molar-refractivity contribution < 1.29 is 14.3 Å². The Morgan fingerprint density at radius 2 is 2.18 bits per heavy atom. The van der Waals surface area contributed by atoms with E-state index in [4.69, 9.17) is 9.15 Å². The van der Waals surface area contributed by atoms with E-state index >= 15 is 0 Å². The van der Waals surface area contributed by atoms with Crippen molar-refractivity contribution in [1.82, 2.24) is 0 Å². The van der Waals surface area contributed by atoms with Crippen molar-refractivity contribution in [1.29, 1.82) is 0 Å². The minimum absolute atomic E-state index is 0.592. The van der Waals surface area contributed by atoms with Crippen LogP contribution in [0.2, 0.25) is 0 Å². The lowest BCUT2D eigenvalue weighted by molar-refractivity contribution is 0.183. The van der Waals surface area contributed by atoms with Crippen LogP contribution in [0.3, 0.4) is 0 Å². The fourth-order valence-electron chi connectivity index (χ4n) is 2.26. The van der Waals surface area contributed by atoms with Crippen LogP contribution >= 0.6 is 0 Å². The van der Waals surface area contributed by atoms with Gasteiger partial charge in [0.25, 0.3) is 0 Å². The van der Waals surface area contributed by atoms with Gasteiger partial charge in [0.2, 0.25) is 0 Å². The fourth-order valence-corrected chi connectivity index (χ4v) is 2.26. The number of aliphatic hydroxyl groups excluding tert-OH is 1. The molecule has 1 aliphatic rings. The molecule has 3 rings (SSSR count). The molecule has 0 aliphatic carbocycles. The van der Waals surface area contributed by atoms with Crippen molar-refractivity contribution in [3.05, 3.63) is 53.0 Å². The van der Waals surface area contributed by atoms with Gasteiger partial charge in [-0.15, -0.1) is 0 Å².